The van der Waals surface area contributed by atoms with E-state index in [0.717, 1.165) is 10.2 Å². The number of nitrogens with one attached hydrogen (secondary N) is 1. The fourth-order valence-corrected chi connectivity index (χ4v) is 2.16. The molecule has 1 amide bonds. The highest BCUT2D eigenvalue weighted by Gasteiger charge is 2.24. The lowest BCUT2D eigenvalue weighted by atomic mass is 10.1. The Morgan fingerprint density at radius 1 is 1.36 bits per heavy atom. The summed E-state index contributed by atoms with van der Waals surface area (Å²) in [5.41, 5.74) is 7.25. The standard InChI is InChI=1S/C15H18N4O3/c1-2-6-11(17-15(21)22)14(20)19-13(16)9-12(18-19)10-7-4-3-5-8-10/h3-5,7-9,11,17H,2,6,16H2,1H3,(H,21,22). The minimum Gasteiger partial charge on any atom is -0.465 e. The fraction of sp³-hybridized carbons (Fsp3) is 0.267. The Morgan fingerprint density at radius 3 is 2.64 bits per heavy atom. The molecule has 1 heterocycles. The molecular weight excluding hydrogens is 284 g/mol. The number of carbonyl (C=O) groups is 2. The fourth-order valence-electron chi connectivity index (χ4n) is 2.16. The predicted octanol–water partition coefficient (Wildman–Crippen LogP) is 2.21. The molecule has 4 N–H and O–H groups in total. The number of anilines is 1. The number of rotatable bonds is 5. The van der Waals surface area contributed by atoms with Gasteiger partial charge in [-0.1, -0.05) is 43.7 Å². The zero-order valence-corrected chi connectivity index (χ0v) is 12.2. The molecule has 7 heteroatoms. The van der Waals surface area contributed by atoms with Crippen molar-refractivity contribution in [2.24, 2.45) is 0 Å². The molecule has 22 heavy (non-hydrogen) atoms. The quantitative estimate of drug-likeness (QED) is 0.784. The Balaban J connectivity index is 2.29. The minimum absolute atomic E-state index is 0.178. The molecule has 2 aromatic rings. The molecular formula is C15H18N4O3. The number of hydrogen-bond acceptors (Lipinski definition) is 4. The van der Waals surface area contributed by atoms with Gasteiger partial charge in [-0.15, -0.1) is 0 Å². The van der Waals surface area contributed by atoms with Crippen molar-refractivity contribution >= 4 is 17.8 Å². The average molecular weight is 302 g/mol. The van der Waals surface area contributed by atoms with E-state index < -0.39 is 18.0 Å². The van der Waals surface area contributed by atoms with Gasteiger partial charge >= 0.3 is 6.09 Å². The van der Waals surface area contributed by atoms with Gasteiger partial charge in [0.2, 0.25) is 0 Å². The van der Waals surface area contributed by atoms with Crippen LogP contribution >= 0.6 is 0 Å². The van der Waals surface area contributed by atoms with Gasteiger partial charge in [-0.2, -0.15) is 9.78 Å². The number of carboxylic acid groups (broad SMARTS) is 1. The van der Waals surface area contributed by atoms with Crippen molar-refractivity contribution in [2.75, 3.05) is 5.73 Å². The second-order valence-corrected chi connectivity index (χ2v) is 4.86. The zero-order chi connectivity index (χ0) is 16.1. The van der Waals surface area contributed by atoms with Crippen molar-refractivity contribution in [3.8, 4) is 11.3 Å². The highest BCUT2D eigenvalue weighted by atomic mass is 16.4. The number of nitrogen functional groups attached to an aromatic ring is 1. The van der Waals surface area contributed by atoms with Crippen molar-refractivity contribution in [1.29, 1.82) is 0 Å². The number of aromatic nitrogens is 2. The van der Waals surface area contributed by atoms with Gasteiger partial charge < -0.3 is 16.2 Å². The predicted molar refractivity (Wildman–Crippen MR) is 82.6 cm³/mol. The molecule has 0 aliphatic heterocycles. The first-order valence-corrected chi connectivity index (χ1v) is 6.97. The first-order valence-electron chi connectivity index (χ1n) is 6.97. The van der Waals surface area contributed by atoms with Crippen molar-refractivity contribution in [3.05, 3.63) is 36.4 Å². The zero-order valence-electron chi connectivity index (χ0n) is 12.2. The summed E-state index contributed by atoms with van der Waals surface area (Å²) in [7, 11) is 0. The van der Waals surface area contributed by atoms with Crippen molar-refractivity contribution in [3.63, 3.8) is 0 Å². The van der Waals surface area contributed by atoms with Gasteiger partial charge in [0, 0.05) is 11.6 Å². The molecule has 116 valence electrons. The van der Waals surface area contributed by atoms with E-state index >= 15 is 0 Å². The lowest BCUT2D eigenvalue weighted by Crippen LogP contribution is -2.43. The van der Waals surface area contributed by atoms with E-state index in [9.17, 15) is 9.59 Å². The number of amides is 1. The van der Waals surface area contributed by atoms with Crippen LogP contribution < -0.4 is 11.1 Å². The Kier molecular flexibility index (Phi) is 4.77. The van der Waals surface area contributed by atoms with Gasteiger partial charge in [0.1, 0.15) is 11.9 Å². The third kappa shape index (κ3) is 3.43. The molecule has 2 rings (SSSR count). The maximum absolute atomic E-state index is 12.4. The molecule has 0 spiro atoms. The van der Waals surface area contributed by atoms with E-state index in [2.05, 4.69) is 10.4 Å². The largest absolute Gasteiger partial charge is 0.465 e. The highest BCUT2D eigenvalue weighted by molar-refractivity contribution is 5.89. The van der Waals surface area contributed by atoms with Crippen LogP contribution in [0, 0.1) is 0 Å². The molecule has 0 bridgehead atoms. The molecule has 1 atom stereocenters. The van der Waals surface area contributed by atoms with Crippen LogP contribution in [0.3, 0.4) is 0 Å². The number of nitrogens with zero attached hydrogens (tertiary/aromatic N) is 2. The van der Waals surface area contributed by atoms with Crippen molar-refractivity contribution in [1.82, 2.24) is 15.1 Å². The van der Waals surface area contributed by atoms with Crippen molar-refractivity contribution in [2.45, 2.75) is 25.8 Å². The van der Waals surface area contributed by atoms with Crippen LogP contribution in [0.15, 0.2) is 36.4 Å². The van der Waals surface area contributed by atoms with Crippen molar-refractivity contribution < 1.29 is 14.7 Å². The van der Waals surface area contributed by atoms with Gasteiger partial charge in [0.25, 0.3) is 5.91 Å². The van der Waals surface area contributed by atoms with E-state index in [1.807, 2.05) is 37.3 Å². The molecule has 0 saturated heterocycles. The molecule has 0 fully saturated rings. The van der Waals surface area contributed by atoms with Gasteiger partial charge in [0.05, 0.1) is 5.69 Å². The summed E-state index contributed by atoms with van der Waals surface area (Å²) in [4.78, 5) is 23.2. The molecule has 0 aliphatic rings. The number of hydrogen-bond donors (Lipinski definition) is 3. The normalized spacial score (nSPS) is 11.9. The smallest absolute Gasteiger partial charge is 0.405 e. The van der Waals surface area contributed by atoms with Gasteiger partial charge in [0.15, 0.2) is 0 Å². The van der Waals surface area contributed by atoms with Crippen LogP contribution in [0.1, 0.15) is 24.6 Å². The van der Waals surface area contributed by atoms with Crippen LogP contribution in [-0.4, -0.2) is 32.9 Å². The monoisotopic (exact) mass is 302 g/mol. The molecule has 0 aliphatic carbocycles. The first-order chi connectivity index (χ1) is 10.5. The highest BCUT2D eigenvalue weighted by Crippen LogP contribution is 2.20. The Hall–Kier alpha value is -2.83. The van der Waals surface area contributed by atoms with Gasteiger partial charge in [-0.25, -0.2) is 4.79 Å². The topological polar surface area (TPSA) is 110 Å². The maximum Gasteiger partial charge on any atom is 0.405 e. The number of nitrogens with two attached hydrogens (primary N) is 1. The Labute approximate surface area is 127 Å². The van der Waals surface area contributed by atoms with E-state index in [1.165, 1.54) is 0 Å². The molecule has 7 nitrogen and oxygen atoms in total. The molecule has 1 aromatic heterocycles. The number of carbonyl (C=O) groups excluding carboxylic acids is 1. The number of benzene rings is 1. The van der Waals surface area contributed by atoms with Crippen LogP contribution in [-0.2, 0) is 0 Å². The lowest BCUT2D eigenvalue weighted by Gasteiger charge is -2.15. The van der Waals surface area contributed by atoms with Crippen LogP contribution in [0.2, 0.25) is 0 Å². The average Bonchev–Trinajstić information content (AvgIpc) is 2.88. The summed E-state index contributed by atoms with van der Waals surface area (Å²) in [5, 5.41) is 15.2. The Morgan fingerprint density at radius 2 is 2.05 bits per heavy atom. The van der Waals surface area contributed by atoms with E-state index in [1.54, 1.807) is 6.07 Å². The maximum atomic E-state index is 12.4. The Bertz CT molecular complexity index is 667. The minimum atomic E-state index is -1.25. The van der Waals surface area contributed by atoms with Crippen LogP contribution in [0.25, 0.3) is 11.3 Å². The summed E-state index contributed by atoms with van der Waals surface area (Å²) in [6.45, 7) is 1.87. The summed E-state index contributed by atoms with van der Waals surface area (Å²) >= 11 is 0. The summed E-state index contributed by atoms with van der Waals surface area (Å²) in [6, 6.07) is 10.0. The van der Waals surface area contributed by atoms with Crippen LogP contribution in [0.5, 0.6) is 0 Å². The molecule has 1 unspecified atom stereocenters. The summed E-state index contributed by atoms with van der Waals surface area (Å²) in [6.07, 6.45) is -0.213. The second-order valence-electron chi connectivity index (χ2n) is 4.86. The van der Waals surface area contributed by atoms with Gasteiger partial charge in [-0.05, 0) is 6.42 Å². The first kappa shape index (κ1) is 15.6. The third-order valence-corrected chi connectivity index (χ3v) is 3.19. The lowest BCUT2D eigenvalue weighted by molar-refractivity contribution is 0.0835. The summed E-state index contributed by atoms with van der Waals surface area (Å²) < 4.78 is 1.05. The molecule has 1 aromatic carbocycles. The third-order valence-electron chi connectivity index (χ3n) is 3.19. The molecule has 0 saturated carbocycles. The van der Waals surface area contributed by atoms with Crippen LogP contribution in [0.4, 0.5) is 10.6 Å². The molecule has 0 radical (unpaired) electrons. The SMILES string of the molecule is CCCC(NC(=O)O)C(=O)n1nc(-c2ccccc2)cc1N. The second kappa shape index (κ2) is 6.75. The summed E-state index contributed by atoms with van der Waals surface area (Å²) in [5.74, 6) is -0.305. The van der Waals surface area contributed by atoms with Gasteiger partial charge in [-0.3, -0.25) is 4.79 Å². The van der Waals surface area contributed by atoms with E-state index in [-0.39, 0.29) is 5.82 Å². The van der Waals surface area contributed by atoms with E-state index in [4.69, 9.17) is 10.8 Å². The van der Waals surface area contributed by atoms with E-state index in [0.29, 0.717) is 18.5 Å².